The highest BCUT2D eigenvalue weighted by atomic mass is 16.1. The van der Waals surface area contributed by atoms with Crippen molar-refractivity contribution in [2.75, 3.05) is 19.0 Å². The van der Waals surface area contributed by atoms with Crippen molar-refractivity contribution in [3.05, 3.63) is 137 Å². The van der Waals surface area contributed by atoms with E-state index in [1.807, 2.05) is 28.7 Å². The molecule has 0 atom stereocenters. The Balaban J connectivity index is 1.47. The van der Waals surface area contributed by atoms with Gasteiger partial charge >= 0.3 is 0 Å². The van der Waals surface area contributed by atoms with Crippen LogP contribution in [0.15, 0.2) is 126 Å². The minimum atomic E-state index is 0.0308. The molecule has 0 N–H and O–H groups in total. The van der Waals surface area contributed by atoms with Gasteiger partial charge in [-0.15, -0.1) is 0 Å². The number of nitrogens with zero attached hydrogens (tertiary/aromatic N) is 3. The number of fused-ring (bicyclic) bond motifs is 8. The zero-order valence-electron chi connectivity index (χ0n) is 24.8. The molecule has 6 aromatic carbocycles. The second kappa shape index (κ2) is 8.95. The lowest BCUT2D eigenvalue weighted by Gasteiger charge is -2.20. The summed E-state index contributed by atoms with van der Waals surface area (Å²) in [6.07, 6.45) is 0. The van der Waals surface area contributed by atoms with Crippen molar-refractivity contribution in [1.82, 2.24) is 8.97 Å². The normalized spacial score (nSPS) is 12.1. The summed E-state index contributed by atoms with van der Waals surface area (Å²) in [5.74, 6) is 0. The first-order chi connectivity index (χ1) is 21.5. The Hall–Kier alpha value is -5.61. The van der Waals surface area contributed by atoms with Gasteiger partial charge in [0.05, 0.1) is 22.1 Å². The molecule has 0 unspecified atom stereocenters. The Labute approximate surface area is 253 Å². The smallest absolute Gasteiger partial charge is 0.263 e. The average molecular weight is 568 g/mol. The molecule has 210 valence electrons. The van der Waals surface area contributed by atoms with E-state index in [1.165, 1.54) is 33.2 Å². The topological polar surface area (TPSA) is 29.6 Å². The first kappa shape index (κ1) is 24.9. The summed E-state index contributed by atoms with van der Waals surface area (Å²) in [5, 5.41) is 7.41. The summed E-state index contributed by atoms with van der Waals surface area (Å²) in [6, 6.07) is 42.9. The van der Waals surface area contributed by atoms with Crippen LogP contribution in [0.1, 0.15) is 5.56 Å². The van der Waals surface area contributed by atoms with E-state index >= 15 is 0 Å². The lowest BCUT2D eigenvalue weighted by molar-refractivity contribution is 1.13. The molecule has 0 aliphatic rings. The third-order valence-electron chi connectivity index (χ3n) is 9.37. The van der Waals surface area contributed by atoms with Gasteiger partial charge in [-0.05, 0) is 65.9 Å². The van der Waals surface area contributed by atoms with Gasteiger partial charge in [-0.1, -0.05) is 78.9 Å². The molecule has 3 heterocycles. The predicted octanol–water partition coefficient (Wildman–Crippen LogP) is 9.34. The number of benzene rings is 6. The highest BCUT2D eigenvalue weighted by Crippen LogP contribution is 2.42. The van der Waals surface area contributed by atoms with E-state index in [9.17, 15) is 4.79 Å². The fourth-order valence-corrected chi connectivity index (χ4v) is 7.40. The van der Waals surface area contributed by atoms with Gasteiger partial charge in [-0.3, -0.25) is 9.20 Å². The molecule has 4 heteroatoms. The molecule has 4 nitrogen and oxygen atoms in total. The molecule has 3 aromatic heterocycles. The molecule has 9 aromatic rings. The van der Waals surface area contributed by atoms with Gasteiger partial charge in [0.1, 0.15) is 0 Å². The minimum Gasteiger partial charge on any atom is -0.377 e. The molecule has 0 saturated carbocycles. The predicted molar refractivity (Wildman–Crippen MR) is 186 cm³/mol. The Bertz CT molecular complexity index is 2670. The lowest BCUT2D eigenvalue weighted by atomic mass is 9.96. The van der Waals surface area contributed by atoms with E-state index < -0.39 is 0 Å². The number of aromatic nitrogens is 2. The summed E-state index contributed by atoms with van der Waals surface area (Å²) in [7, 11) is 4.24. The quantitative estimate of drug-likeness (QED) is 0.199. The van der Waals surface area contributed by atoms with E-state index in [1.54, 1.807) is 0 Å². The number of para-hydroxylation sites is 2. The molecule has 9 rings (SSSR count). The number of anilines is 1. The number of rotatable bonds is 3. The van der Waals surface area contributed by atoms with Gasteiger partial charge in [0, 0.05) is 63.4 Å². The van der Waals surface area contributed by atoms with E-state index in [-0.39, 0.29) is 5.56 Å². The van der Waals surface area contributed by atoms with E-state index in [2.05, 4.69) is 128 Å². The van der Waals surface area contributed by atoms with Crippen molar-refractivity contribution in [3.8, 4) is 16.8 Å². The third kappa shape index (κ3) is 3.25. The van der Waals surface area contributed by atoms with Crippen molar-refractivity contribution >= 4 is 65.5 Å². The maximum absolute atomic E-state index is 13.9. The van der Waals surface area contributed by atoms with Crippen LogP contribution in [0.4, 0.5) is 5.69 Å². The average Bonchev–Trinajstić information content (AvgIpc) is 3.56. The Morgan fingerprint density at radius 2 is 1.11 bits per heavy atom. The standard InChI is InChI=1S/C40H29N3O/c1-24-12-4-5-13-26(24)31-22-32-28-15-8-10-18-35(28)42(38(32)23-37(31)41(2)3)25-20-33-27-14-6-7-17-30(27)40(44)43-36-19-11-9-16-29(36)34(21-25)39(33)43/h4-23H,1-3H3. The van der Waals surface area contributed by atoms with Gasteiger partial charge < -0.3 is 9.47 Å². The molecule has 0 saturated heterocycles. The fraction of sp³-hybridized carbons (Fsp3) is 0.0750. The summed E-state index contributed by atoms with van der Waals surface area (Å²) in [5.41, 5.74) is 10.3. The highest BCUT2D eigenvalue weighted by Gasteiger charge is 2.22. The maximum Gasteiger partial charge on any atom is 0.263 e. The van der Waals surface area contributed by atoms with Crippen molar-refractivity contribution < 1.29 is 0 Å². The zero-order chi connectivity index (χ0) is 29.7. The third-order valence-corrected chi connectivity index (χ3v) is 9.37. The first-order valence-electron chi connectivity index (χ1n) is 15.0. The molecule has 0 aliphatic heterocycles. The Morgan fingerprint density at radius 3 is 1.84 bits per heavy atom. The Kier molecular flexibility index (Phi) is 5.07. The first-order valence-corrected chi connectivity index (χ1v) is 15.0. The van der Waals surface area contributed by atoms with Crippen LogP contribution in [-0.4, -0.2) is 23.1 Å². The SMILES string of the molecule is Cc1ccccc1-c1cc2c3ccccc3n(-c3cc4c5ccccc5c(=O)n5c6ccccc6c(c3)c45)c2cc1N(C)C. The summed E-state index contributed by atoms with van der Waals surface area (Å²) >= 11 is 0. The van der Waals surface area contributed by atoms with Gasteiger partial charge in [-0.25, -0.2) is 0 Å². The second-order valence-corrected chi connectivity index (χ2v) is 12.0. The highest BCUT2D eigenvalue weighted by molar-refractivity contribution is 6.21. The largest absolute Gasteiger partial charge is 0.377 e. The molecular weight excluding hydrogens is 538 g/mol. The van der Waals surface area contributed by atoms with Gasteiger partial charge in [0.2, 0.25) is 0 Å². The van der Waals surface area contributed by atoms with Crippen LogP contribution < -0.4 is 10.5 Å². The van der Waals surface area contributed by atoms with Crippen LogP contribution in [0.3, 0.4) is 0 Å². The maximum atomic E-state index is 13.9. The van der Waals surface area contributed by atoms with Crippen LogP contribution in [-0.2, 0) is 0 Å². The fourth-order valence-electron chi connectivity index (χ4n) is 7.40. The number of hydrogen-bond acceptors (Lipinski definition) is 2. The number of aryl methyl sites for hydroxylation is 1. The summed E-state index contributed by atoms with van der Waals surface area (Å²) in [4.78, 5) is 16.1. The van der Waals surface area contributed by atoms with Crippen molar-refractivity contribution in [2.45, 2.75) is 6.92 Å². The molecular formula is C40H29N3O. The molecule has 0 radical (unpaired) electrons. The van der Waals surface area contributed by atoms with Crippen molar-refractivity contribution in [3.63, 3.8) is 0 Å². The van der Waals surface area contributed by atoms with Crippen LogP contribution >= 0.6 is 0 Å². The Morgan fingerprint density at radius 1 is 0.523 bits per heavy atom. The monoisotopic (exact) mass is 567 g/mol. The van der Waals surface area contributed by atoms with Crippen LogP contribution in [0.25, 0.3) is 76.6 Å². The van der Waals surface area contributed by atoms with Gasteiger partial charge in [0.25, 0.3) is 5.56 Å². The van der Waals surface area contributed by atoms with Gasteiger partial charge in [-0.2, -0.15) is 0 Å². The van der Waals surface area contributed by atoms with Crippen LogP contribution in [0.5, 0.6) is 0 Å². The lowest BCUT2D eigenvalue weighted by Crippen LogP contribution is -2.13. The van der Waals surface area contributed by atoms with E-state index in [0.717, 1.165) is 54.7 Å². The number of pyridine rings is 1. The molecule has 0 bridgehead atoms. The number of hydrogen-bond donors (Lipinski definition) is 0. The summed E-state index contributed by atoms with van der Waals surface area (Å²) in [6.45, 7) is 2.18. The second-order valence-electron chi connectivity index (χ2n) is 12.0. The van der Waals surface area contributed by atoms with E-state index in [4.69, 9.17) is 0 Å². The molecule has 0 spiro atoms. The molecule has 0 aliphatic carbocycles. The minimum absolute atomic E-state index is 0.0308. The molecule has 0 fully saturated rings. The van der Waals surface area contributed by atoms with Crippen molar-refractivity contribution in [1.29, 1.82) is 0 Å². The van der Waals surface area contributed by atoms with E-state index in [0.29, 0.717) is 0 Å². The zero-order valence-corrected chi connectivity index (χ0v) is 24.8. The molecule has 44 heavy (non-hydrogen) atoms. The van der Waals surface area contributed by atoms with Crippen molar-refractivity contribution in [2.24, 2.45) is 0 Å². The van der Waals surface area contributed by atoms with Gasteiger partial charge in [0.15, 0.2) is 0 Å². The molecule has 0 amide bonds. The summed E-state index contributed by atoms with van der Waals surface area (Å²) < 4.78 is 4.32. The van der Waals surface area contributed by atoms with Crippen LogP contribution in [0, 0.1) is 6.92 Å². The van der Waals surface area contributed by atoms with Crippen LogP contribution in [0.2, 0.25) is 0 Å².